The molecule has 0 heterocycles. The molecule has 134 valence electrons. The van der Waals surface area contributed by atoms with Crippen molar-refractivity contribution in [1.29, 1.82) is 0 Å². The van der Waals surface area contributed by atoms with Crippen molar-refractivity contribution in [2.45, 2.75) is 44.2 Å². The van der Waals surface area contributed by atoms with Crippen LogP contribution in [0.5, 0.6) is 0 Å². The van der Waals surface area contributed by atoms with Crippen LogP contribution in [-0.2, 0) is 14.4 Å². The molecule has 0 bridgehead atoms. The average molecular weight is 335 g/mol. The molecule has 0 aliphatic rings. The molecule has 12 N–H and O–H groups in total. The highest BCUT2D eigenvalue weighted by Crippen LogP contribution is 1.94. The van der Waals surface area contributed by atoms with Crippen LogP contribution >= 0.6 is 0 Å². The quantitative estimate of drug-likeness (QED) is 0.135. The zero-order valence-corrected chi connectivity index (χ0v) is 13.1. The lowest BCUT2D eigenvalue weighted by atomic mass is 10.1. The maximum absolute atomic E-state index is 11.7. The molecule has 0 aliphatic heterocycles. The molecule has 0 aromatic heterocycles. The second-order valence-electron chi connectivity index (χ2n) is 5.16. The van der Waals surface area contributed by atoms with Crippen LogP contribution in [0.2, 0.25) is 0 Å². The molecule has 11 nitrogen and oxygen atoms in total. The van der Waals surface area contributed by atoms with Crippen molar-refractivity contribution in [3.63, 3.8) is 0 Å². The van der Waals surface area contributed by atoms with Gasteiger partial charge in [-0.3, -0.25) is 14.9 Å². The van der Waals surface area contributed by atoms with Crippen molar-refractivity contribution < 1.29 is 30.3 Å². The largest absolute Gasteiger partial charge is 0.480 e. The molecule has 0 aliphatic carbocycles. The summed E-state index contributed by atoms with van der Waals surface area (Å²) in [4.78, 5) is 34.1. The van der Waals surface area contributed by atoms with Crippen molar-refractivity contribution in [3.05, 3.63) is 0 Å². The van der Waals surface area contributed by atoms with E-state index in [1.165, 1.54) is 6.92 Å². The summed E-state index contributed by atoms with van der Waals surface area (Å²) in [6.45, 7) is 1.38. The van der Waals surface area contributed by atoms with Crippen LogP contribution < -0.4 is 33.2 Å². The van der Waals surface area contributed by atoms with Gasteiger partial charge in [-0.2, -0.15) is 0 Å². The molecule has 0 unspecified atom stereocenters. The van der Waals surface area contributed by atoms with E-state index in [1.807, 2.05) is 0 Å². The number of rotatable bonds is 11. The third kappa shape index (κ3) is 9.76. The Balaban J connectivity index is 4.07. The topological polar surface area (TPSA) is 207 Å². The number of nitrogens with two attached hydrogens (primary N) is 2. The van der Waals surface area contributed by atoms with Gasteiger partial charge in [0.05, 0.1) is 12.6 Å². The molecule has 0 aromatic carbocycles. The Morgan fingerprint density at radius 3 is 2.35 bits per heavy atom. The first-order chi connectivity index (χ1) is 10.6. The third-order valence-corrected chi connectivity index (χ3v) is 2.97. The van der Waals surface area contributed by atoms with Gasteiger partial charge in [0.25, 0.3) is 5.91 Å². The Labute approximate surface area is 133 Å². The first-order valence-electron chi connectivity index (χ1n) is 7.20. The highest BCUT2D eigenvalue weighted by atomic mass is 16.4. The van der Waals surface area contributed by atoms with E-state index in [-0.39, 0.29) is 0 Å². The Kier molecular flexibility index (Phi) is 10.0. The molecule has 0 fully saturated rings. The fourth-order valence-electron chi connectivity index (χ4n) is 1.67. The van der Waals surface area contributed by atoms with Gasteiger partial charge in [0.1, 0.15) is 6.29 Å². The Morgan fingerprint density at radius 2 is 1.87 bits per heavy atom. The number of aliphatic hydroxyl groups excluding tert-OH is 1. The van der Waals surface area contributed by atoms with Crippen LogP contribution in [0.4, 0.5) is 0 Å². The number of carboxylic acid groups (broad SMARTS) is 1. The summed E-state index contributed by atoms with van der Waals surface area (Å²) in [5.41, 5.74) is 14.3. The van der Waals surface area contributed by atoms with E-state index in [0.717, 1.165) is 0 Å². The summed E-state index contributed by atoms with van der Waals surface area (Å²) < 4.78 is 0. The van der Waals surface area contributed by atoms with Gasteiger partial charge in [-0.15, -0.1) is 0 Å². The number of carbonyl (C=O) groups excluding carboxylic acids is 2. The highest BCUT2D eigenvalue weighted by molar-refractivity contribution is 5.89. The van der Waals surface area contributed by atoms with E-state index in [0.29, 0.717) is 19.4 Å². The number of nitrogens with one attached hydrogen (secondary N) is 3. The van der Waals surface area contributed by atoms with Crippen LogP contribution in [0.1, 0.15) is 19.8 Å². The Bertz CT molecular complexity index is 403. The molecule has 2 amide bonds. The first-order valence-corrected chi connectivity index (χ1v) is 7.20. The number of amides is 2. The van der Waals surface area contributed by atoms with Gasteiger partial charge < -0.3 is 38.0 Å². The predicted octanol–water partition coefficient (Wildman–Crippen LogP) is -4.77. The van der Waals surface area contributed by atoms with Crippen molar-refractivity contribution in [2.75, 3.05) is 13.1 Å². The summed E-state index contributed by atoms with van der Waals surface area (Å²) >= 11 is 0. The van der Waals surface area contributed by atoms with Crippen LogP contribution in [0.25, 0.3) is 0 Å². The van der Waals surface area contributed by atoms with E-state index in [2.05, 4.69) is 21.7 Å². The second-order valence-corrected chi connectivity index (χ2v) is 5.16. The SMILES string of the molecule is C[C@@H](O)[C@H](NC(=O)CNC(=O)[C@@H]([NH3+])CCCNC(N)N)C(=O)O. The monoisotopic (exact) mass is 335 g/mol. The number of aliphatic carboxylic acids is 1. The zero-order valence-electron chi connectivity index (χ0n) is 13.1. The molecule has 11 heteroatoms. The van der Waals surface area contributed by atoms with E-state index >= 15 is 0 Å². The fraction of sp³-hybridized carbons (Fsp3) is 0.750. The van der Waals surface area contributed by atoms with Crippen molar-refractivity contribution >= 4 is 17.8 Å². The molecular weight excluding hydrogens is 308 g/mol. The molecule has 23 heavy (non-hydrogen) atoms. The Morgan fingerprint density at radius 1 is 1.26 bits per heavy atom. The lowest BCUT2D eigenvalue weighted by molar-refractivity contribution is -0.405. The molecule has 0 saturated heterocycles. The normalized spacial score (nSPS) is 14.9. The summed E-state index contributed by atoms with van der Waals surface area (Å²) in [6.07, 6.45) is -0.776. The average Bonchev–Trinajstić information content (AvgIpc) is 2.45. The number of aliphatic hydroxyl groups is 1. The van der Waals surface area contributed by atoms with E-state index < -0.39 is 48.8 Å². The summed E-state index contributed by atoms with van der Waals surface area (Å²) in [5, 5.41) is 25.3. The molecule has 0 aromatic rings. The van der Waals surface area contributed by atoms with Crippen molar-refractivity contribution in [2.24, 2.45) is 11.5 Å². The second kappa shape index (κ2) is 10.9. The summed E-state index contributed by atoms with van der Waals surface area (Å²) in [7, 11) is 0. The van der Waals surface area contributed by atoms with Gasteiger partial charge in [-0.25, -0.2) is 4.79 Å². The van der Waals surface area contributed by atoms with Crippen molar-refractivity contribution in [1.82, 2.24) is 16.0 Å². The van der Waals surface area contributed by atoms with Gasteiger partial charge >= 0.3 is 5.97 Å². The summed E-state index contributed by atoms with van der Waals surface area (Å²) in [5.74, 6) is -2.50. The fourth-order valence-corrected chi connectivity index (χ4v) is 1.67. The van der Waals surface area contributed by atoms with E-state index in [4.69, 9.17) is 16.6 Å². The smallest absolute Gasteiger partial charge is 0.328 e. The van der Waals surface area contributed by atoms with Crippen LogP contribution in [-0.4, -0.2) is 65.6 Å². The van der Waals surface area contributed by atoms with Gasteiger partial charge in [0, 0.05) is 6.42 Å². The molecular formula is C12H27N6O5+. The lowest BCUT2D eigenvalue weighted by Gasteiger charge is -2.17. The standard InChI is InChI=1S/C12H26N6O5/c1-6(19)9(11(22)23)18-8(20)5-17-10(21)7(13)3-2-4-16-12(14)15/h6-7,9,12,16,19H,2-5,13-15H2,1H3,(H,17,21)(H,18,20)(H,22,23)/p+1/t6-,7+,9+/m1/s1. The molecule has 0 spiro atoms. The number of carboxylic acids is 1. The third-order valence-electron chi connectivity index (χ3n) is 2.97. The molecule has 0 rings (SSSR count). The maximum Gasteiger partial charge on any atom is 0.328 e. The first kappa shape index (κ1) is 21.2. The minimum Gasteiger partial charge on any atom is -0.480 e. The van der Waals surface area contributed by atoms with Crippen LogP contribution in [0.3, 0.4) is 0 Å². The van der Waals surface area contributed by atoms with E-state index in [1.54, 1.807) is 0 Å². The van der Waals surface area contributed by atoms with Gasteiger partial charge in [0.2, 0.25) is 5.91 Å². The van der Waals surface area contributed by atoms with Crippen LogP contribution in [0.15, 0.2) is 0 Å². The lowest BCUT2D eigenvalue weighted by Crippen LogP contribution is -2.68. The highest BCUT2D eigenvalue weighted by Gasteiger charge is 2.25. The number of carbonyl (C=O) groups is 3. The molecule has 0 radical (unpaired) electrons. The van der Waals surface area contributed by atoms with Gasteiger partial charge in [0.15, 0.2) is 12.1 Å². The predicted molar refractivity (Wildman–Crippen MR) is 80.3 cm³/mol. The summed E-state index contributed by atoms with van der Waals surface area (Å²) in [6, 6.07) is -1.99. The van der Waals surface area contributed by atoms with Crippen LogP contribution in [0, 0.1) is 0 Å². The zero-order chi connectivity index (χ0) is 18.0. The van der Waals surface area contributed by atoms with E-state index in [9.17, 15) is 19.5 Å². The van der Waals surface area contributed by atoms with Gasteiger partial charge in [-0.05, 0) is 19.9 Å². The minimum absolute atomic E-state index is 0.396. The van der Waals surface area contributed by atoms with Crippen molar-refractivity contribution in [3.8, 4) is 0 Å². The number of quaternary nitrogens is 1. The minimum atomic E-state index is -1.43. The molecule has 0 saturated carbocycles. The maximum atomic E-state index is 11.7. The molecule has 3 atom stereocenters. The Hall–Kier alpha value is -1.79. The number of hydrogen-bond donors (Lipinski definition) is 8. The number of hydrogen-bond acceptors (Lipinski definition) is 7. The van der Waals surface area contributed by atoms with Gasteiger partial charge in [-0.1, -0.05) is 0 Å².